The Hall–Kier alpha value is -3.64. The third-order valence-corrected chi connectivity index (χ3v) is 7.05. The van der Waals surface area contributed by atoms with Gasteiger partial charge in [0.25, 0.3) is 11.8 Å². The minimum absolute atomic E-state index is 0.0464. The third-order valence-electron chi connectivity index (χ3n) is 5.01. The smallest absolute Gasteiger partial charge is 0.366 e. The number of nitrogens with zero attached hydrogens (tertiary/aromatic N) is 2. The van der Waals surface area contributed by atoms with Gasteiger partial charge in [-0.05, 0) is 31.2 Å². The maximum Gasteiger partial charge on any atom is 0.366 e. The minimum Gasteiger partial charge on any atom is -0.497 e. The maximum absolute atomic E-state index is 12.4. The van der Waals surface area contributed by atoms with Gasteiger partial charge in [-0.25, -0.2) is 4.79 Å². The number of oxime groups is 1. The van der Waals surface area contributed by atoms with Crippen LogP contribution in [0, 0.1) is 6.92 Å². The monoisotopic (exact) mass is 532 g/mol. The number of fused-ring (bicyclic) bond motifs is 1. The Morgan fingerprint density at radius 1 is 1.06 bits per heavy atom. The number of carbonyl (C=O) groups is 3. The lowest BCUT2D eigenvalue weighted by Crippen LogP contribution is -2.32. The fraction of sp³-hybridized carbons (Fsp3) is 0.250. The number of amides is 2. The molecule has 12 heteroatoms. The molecule has 0 saturated carbocycles. The summed E-state index contributed by atoms with van der Waals surface area (Å²) < 4.78 is 39.5. The number of methoxy groups -OCH3 is 1. The Bertz CT molecular complexity index is 1270. The Morgan fingerprint density at radius 3 is 2.25 bits per heavy atom. The molecule has 0 atom stereocenters. The Kier molecular flexibility index (Phi) is 8.88. The summed E-state index contributed by atoms with van der Waals surface area (Å²) in [6.07, 6.45) is 0.271. The second-order valence-electron chi connectivity index (χ2n) is 7.52. The van der Waals surface area contributed by atoms with Gasteiger partial charge in [0, 0.05) is 12.2 Å². The number of allylic oxidation sites excluding steroid dienone is 1. The van der Waals surface area contributed by atoms with Gasteiger partial charge in [-0.1, -0.05) is 53.3 Å². The average Bonchev–Trinajstić information content (AvgIpc) is 3.11. The van der Waals surface area contributed by atoms with Crippen molar-refractivity contribution in [3.63, 3.8) is 0 Å². The number of thioether (sulfide) groups is 1. The molecule has 0 spiro atoms. The summed E-state index contributed by atoms with van der Waals surface area (Å²) in [6, 6.07) is 12.5. The van der Waals surface area contributed by atoms with Crippen molar-refractivity contribution >= 4 is 44.7 Å². The van der Waals surface area contributed by atoms with Gasteiger partial charge in [-0.2, -0.15) is 8.42 Å². The lowest BCUT2D eigenvalue weighted by Gasteiger charge is -2.15. The van der Waals surface area contributed by atoms with Crippen molar-refractivity contribution in [1.82, 2.24) is 4.90 Å². The van der Waals surface area contributed by atoms with E-state index in [1.54, 1.807) is 36.4 Å². The molecule has 2 aromatic rings. The largest absolute Gasteiger partial charge is 0.497 e. The minimum atomic E-state index is -4.21. The molecule has 0 N–H and O–H groups in total. The van der Waals surface area contributed by atoms with Crippen LogP contribution in [0.5, 0.6) is 0 Å². The molecule has 0 aromatic heterocycles. The van der Waals surface area contributed by atoms with E-state index >= 15 is 0 Å². The second kappa shape index (κ2) is 11.9. The number of hydrogen-bond donors (Lipinski definition) is 0. The van der Waals surface area contributed by atoms with E-state index in [2.05, 4.69) is 20.8 Å². The number of rotatable bonds is 10. The topological polar surface area (TPSA) is 129 Å². The van der Waals surface area contributed by atoms with Crippen LogP contribution in [0.15, 0.2) is 70.9 Å². The first kappa shape index (κ1) is 27.0. The first-order valence-corrected chi connectivity index (χ1v) is 13.1. The van der Waals surface area contributed by atoms with E-state index in [1.165, 1.54) is 12.1 Å². The highest BCUT2D eigenvalue weighted by Gasteiger charge is 2.34. The molecule has 36 heavy (non-hydrogen) atoms. The van der Waals surface area contributed by atoms with E-state index in [9.17, 15) is 22.8 Å². The molecule has 0 saturated heterocycles. The number of hydrogen-bond acceptors (Lipinski definition) is 10. The predicted octanol–water partition coefficient (Wildman–Crippen LogP) is 3.14. The Balaban J connectivity index is 1.48. The third kappa shape index (κ3) is 6.52. The summed E-state index contributed by atoms with van der Waals surface area (Å²) in [5, 5.41) is 3.18. The van der Waals surface area contributed by atoms with Crippen LogP contribution in [0.1, 0.15) is 32.7 Å². The molecule has 10 nitrogen and oxygen atoms in total. The molecule has 2 aromatic carbocycles. The molecule has 2 amide bonds. The number of esters is 1. The van der Waals surface area contributed by atoms with E-state index in [0.29, 0.717) is 16.9 Å². The lowest BCUT2D eigenvalue weighted by atomic mass is 10.1. The number of ether oxygens (including phenoxy) is 2. The van der Waals surface area contributed by atoms with Crippen molar-refractivity contribution in [2.24, 2.45) is 5.16 Å². The quantitative estimate of drug-likeness (QED) is 0.113. The van der Waals surface area contributed by atoms with Crippen molar-refractivity contribution in [2.45, 2.75) is 18.2 Å². The zero-order chi connectivity index (χ0) is 26.3. The van der Waals surface area contributed by atoms with Gasteiger partial charge >= 0.3 is 16.1 Å². The Labute approximate surface area is 213 Å². The summed E-state index contributed by atoms with van der Waals surface area (Å²) in [5.74, 6) is -1.03. The van der Waals surface area contributed by atoms with E-state index in [0.717, 1.165) is 29.3 Å². The fourth-order valence-corrected chi connectivity index (χ4v) is 4.69. The van der Waals surface area contributed by atoms with Crippen LogP contribution >= 0.6 is 11.8 Å². The molecular weight excluding hydrogens is 508 g/mol. The standard InChI is InChI=1S/C24H24N2O8S2/c1-16-8-10-18(11-9-16)36(30,31)34-25-21(24(29)32-3)35-15-12-17(2)33-14-13-26-22(27)19-6-4-5-7-20(19)23(26)28/h4-11H,2,12-15H2,1,3H3/b25-21-. The van der Waals surface area contributed by atoms with Crippen LogP contribution in [-0.2, 0) is 28.7 Å². The Morgan fingerprint density at radius 2 is 1.67 bits per heavy atom. The zero-order valence-electron chi connectivity index (χ0n) is 19.6. The van der Waals surface area contributed by atoms with E-state index in [4.69, 9.17) is 4.74 Å². The molecule has 0 bridgehead atoms. The molecule has 0 aliphatic carbocycles. The van der Waals surface area contributed by atoms with Crippen molar-refractivity contribution in [3.8, 4) is 0 Å². The van der Waals surface area contributed by atoms with Crippen molar-refractivity contribution in [1.29, 1.82) is 0 Å². The summed E-state index contributed by atoms with van der Waals surface area (Å²) >= 11 is 0.899. The van der Waals surface area contributed by atoms with Gasteiger partial charge in [-0.3, -0.25) is 18.8 Å². The lowest BCUT2D eigenvalue weighted by molar-refractivity contribution is -0.132. The van der Waals surface area contributed by atoms with Gasteiger partial charge in [0.05, 0.1) is 30.5 Å². The van der Waals surface area contributed by atoms with E-state index in [-0.39, 0.29) is 47.1 Å². The van der Waals surface area contributed by atoms with Crippen molar-refractivity contribution in [3.05, 3.63) is 77.6 Å². The summed E-state index contributed by atoms with van der Waals surface area (Å²) in [4.78, 5) is 37.7. The number of imide groups is 1. The molecule has 0 fully saturated rings. The van der Waals surface area contributed by atoms with Crippen LogP contribution < -0.4 is 0 Å². The molecule has 0 unspecified atom stereocenters. The SMILES string of the molecule is C=C(CCS/C(=N\OS(=O)(=O)c1ccc(C)cc1)C(=O)OC)OCCN1C(=O)c2ccccc2C1=O. The average molecular weight is 533 g/mol. The van der Waals surface area contributed by atoms with Gasteiger partial charge in [0.2, 0.25) is 5.04 Å². The summed E-state index contributed by atoms with van der Waals surface area (Å²) in [5.41, 5.74) is 1.59. The second-order valence-corrected chi connectivity index (χ2v) is 10.1. The fourth-order valence-electron chi connectivity index (χ4n) is 3.10. The number of benzene rings is 2. The molecule has 1 aliphatic heterocycles. The highest BCUT2D eigenvalue weighted by atomic mass is 32.2. The molecule has 0 radical (unpaired) electrons. The molecule has 3 rings (SSSR count). The first-order chi connectivity index (χ1) is 17.1. The number of aryl methyl sites for hydroxylation is 1. The van der Waals surface area contributed by atoms with E-state index in [1.807, 2.05) is 6.92 Å². The first-order valence-electron chi connectivity index (χ1n) is 10.7. The van der Waals surface area contributed by atoms with Crippen LogP contribution in [0.4, 0.5) is 0 Å². The molecule has 1 heterocycles. The van der Waals surface area contributed by atoms with Crippen LogP contribution in [0.3, 0.4) is 0 Å². The predicted molar refractivity (Wildman–Crippen MR) is 133 cm³/mol. The zero-order valence-corrected chi connectivity index (χ0v) is 21.3. The number of carbonyl (C=O) groups excluding carboxylic acids is 3. The molecule has 1 aliphatic rings. The van der Waals surface area contributed by atoms with Crippen LogP contribution in [0.2, 0.25) is 0 Å². The van der Waals surface area contributed by atoms with Crippen LogP contribution in [-0.4, -0.2) is 62.2 Å². The maximum atomic E-state index is 12.4. The highest BCUT2D eigenvalue weighted by molar-refractivity contribution is 8.15. The van der Waals surface area contributed by atoms with Gasteiger partial charge in [0.1, 0.15) is 11.5 Å². The molecule has 190 valence electrons. The van der Waals surface area contributed by atoms with Crippen molar-refractivity contribution < 1.29 is 36.6 Å². The van der Waals surface area contributed by atoms with E-state index < -0.39 is 16.1 Å². The van der Waals surface area contributed by atoms with Crippen LogP contribution in [0.25, 0.3) is 0 Å². The van der Waals surface area contributed by atoms with Gasteiger partial charge in [0.15, 0.2) is 0 Å². The van der Waals surface area contributed by atoms with Gasteiger partial charge < -0.3 is 9.47 Å². The normalized spacial score (nSPS) is 13.4. The summed E-state index contributed by atoms with van der Waals surface area (Å²) in [7, 11) is -3.08. The highest BCUT2D eigenvalue weighted by Crippen LogP contribution is 2.22. The summed E-state index contributed by atoms with van der Waals surface area (Å²) in [6.45, 7) is 5.69. The van der Waals surface area contributed by atoms with Gasteiger partial charge in [-0.15, -0.1) is 0 Å². The van der Waals surface area contributed by atoms with Crippen molar-refractivity contribution in [2.75, 3.05) is 26.0 Å². The molecular formula is C24H24N2O8S2.